The predicted octanol–water partition coefficient (Wildman–Crippen LogP) is 4.86. The molecule has 32 heavy (non-hydrogen) atoms. The zero-order valence-corrected chi connectivity index (χ0v) is 19.2. The van der Waals surface area contributed by atoms with Gasteiger partial charge in [-0.2, -0.15) is 0 Å². The average Bonchev–Trinajstić information content (AvgIpc) is 3.56. The highest BCUT2D eigenvalue weighted by Crippen LogP contribution is 2.33. The molecule has 0 spiro atoms. The van der Waals surface area contributed by atoms with Crippen LogP contribution in [0.1, 0.15) is 10.6 Å². The Morgan fingerprint density at radius 2 is 2.00 bits per heavy atom. The van der Waals surface area contributed by atoms with Crippen LogP contribution in [0.3, 0.4) is 0 Å². The van der Waals surface area contributed by atoms with Gasteiger partial charge in [-0.25, -0.2) is 4.98 Å². The number of aromatic nitrogens is 3. The second-order valence-electron chi connectivity index (χ2n) is 7.28. The van der Waals surface area contributed by atoms with Crippen LogP contribution in [0.25, 0.3) is 22.7 Å². The molecular weight excluding hydrogens is 444 g/mol. The minimum Gasteiger partial charge on any atom is -0.497 e. The van der Waals surface area contributed by atoms with Crippen LogP contribution in [0, 0.1) is 6.92 Å². The molecule has 0 aliphatic carbocycles. The summed E-state index contributed by atoms with van der Waals surface area (Å²) in [5, 5.41) is 11.6. The zero-order chi connectivity index (χ0) is 22.1. The lowest BCUT2D eigenvalue weighted by Crippen LogP contribution is -2.30. The van der Waals surface area contributed by atoms with E-state index in [0.29, 0.717) is 17.7 Å². The first-order chi connectivity index (χ1) is 15.6. The number of anilines is 1. The number of aryl methyl sites for hydroxylation is 1. The topological polar surface area (TPSA) is 81.4 Å². The molecule has 0 atom stereocenters. The second kappa shape index (κ2) is 8.76. The maximum atomic E-state index is 12.9. The normalized spacial score (nSPS) is 12.8. The summed E-state index contributed by atoms with van der Waals surface area (Å²) in [4.78, 5) is 19.3. The minimum absolute atomic E-state index is 0.0233. The average molecular weight is 465 g/mol. The van der Waals surface area contributed by atoms with Crippen LogP contribution in [-0.2, 0) is 11.2 Å². The molecule has 3 heterocycles. The molecule has 0 radical (unpaired) electrons. The van der Waals surface area contributed by atoms with Crippen LogP contribution >= 0.6 is 23.1 Å². The molecule has 162 valence electrons. The molecule has 1 amide bonds. The summed E-state index contributed by atoms with van der Waals surface area (Å²) < 4.78 is 10.9. The fourth-order valence-electron chi connectivity index (χ4n) is 3.64. The van der Waals surface area contributed by atoms with Crippen molar-refractivity contribution < 1.29 is 13.9 Å². The summed E-state index contributed by atoms with van der Waals surface area (Å²) in [6.07, 6.45) is 0.838. The maximum absolute atomic E-state index is 12.9. The Balaban J connectivity index is 1.23. The molecule has 1 aliphatic rings. The van der Waals surface area contributed by atoms with Crippen molar-refractivity contribution in [3.05, 3.63) is 58.4 Å². The molecular formula is C23H20N4O3S2. The van der Waals surface area contributed by atoms with E-state index in [9.17, 15) is 4.79 Å². The lowest BCUT2D eigenvalue weighted by molar-refractivity contribution is -0.116. The van der Waals surface area contributed by atoms with Gasteiger partial charge in [0.25, 0.3) is 5.22 Å². The van der Waals surface area contributed by atoms with E-state index in [4.69, 9.17) is 9.15 Å². The third kappa shape index (κ3) is 4.13. The number of hydrogen-bond donors (Lipinski definition) is 0. The Hall–Kier alpha value is -3.17. The van der Waals surface area contributed by atoms with Crippen LogP contribution in [-0.4, -0.2) is 40.5 Å². The highest BCUT2D eigenvalue weighted by atomic mass is 32.2. The number of methoxy groups -OCH3 is 1. The van der Waals surface area contributed by atoms with Crippen LogP contribution in [0.5, 0.6) is 5.75 Å². The smallest absolute Gasteiger partial charge is 0.277 e. The summed E-state index contributed by atoms with van der Waals surface area (Å²) in [7, 11) is 1.62. The Labute approximate surface area is 193 Å². The third-order valence-corrected chi connectivity index (χ3v) is 6.83. The Morgan fingerprint density at radius 1 is 1.19 bits per heavy atom. The van der Waals surface area contributed by atoms with Gasteiger partial charge in [-0.15, -0.1) is 21.5 Å². The predicted molar refractivity (Wildman–Crippen MR) is 125 cm³/mol. The molecule has 2 aromatic heterocycles. The van der Waals surface area contributed by atoms with Crippen LogP contribution in [0.4, 0.5) is 5.69 Å². The van der Waals surface area contributed by atoms with Gasteiger partial charge in [0, 0.05) is 28.7 Å². The molecule has 0 saturated heterocycles. The number of thiazole rings is 1. The fourth-order valence-corrected chi connectivity index (χ4v) is 4.90. The van der Waals surface area contributed by atoms with Gasteiger partial charge in [0.1, 0.15) is 5.75 Å². The molecule has 0 fully saturated rings. The Bertz CT molecular complexity index is 1270. The van der Waals surface area contributed by atoms with Gasteiger partial charge < -0.3 is 14.1 Å². The number of amides is 1. The lowest BCUT2D eigenvalue weighted by Gasteiger charge is -2.16. The third-order valence-electron chi connectivity index (χ3n) is 5.25. The van der Waals surface area contributed by atoms with Crippen molar-refractivity contribution in [1.82, 2.24) is 15.2 Å². The summed E-state index contributed by atoms with van der Waals surface area (Å²) in [6.45, 7) is 2.68. The van der Waals surface area contributed by atoms with Crippen LogP contribution < -0.4 is 9.64 Å². The van der Waals surface area contributed by atoms with Gasteiger partial charge in [0.15, 0.2) is 0 Å². The molecule has 2 aromatic carbocycles. The monoisotopic (exact) mass is 464 g/mol. The van der Waals surface area contributed by atoms with E-state index in [-0.39, 0.29) is 11.7 Å². The van der Waals surface area contributed by atoms with Crippen LogP contribution in [0.15, 0.2) is 57.5 Å². The van der Waals surface area contributed by atoms with E-state index in [1.54, 1.807) is 18.4 Å². The number of carbonyl (C=O) groups is 1. The standard InChI is InChI=1S/C23H20N4O3S2/c1-14-24-19(12-31-14)16-5-8-20-17(11-16)9-10-27(20)21(28)13-32-23-26-25-22(30-23)15-3-6-18(29-2)7-4-15/h3-8,11-12H,9-10,13H2,1-2H3. The number of benzene rings is 2. The molecule has 4 aromatic rings. The molecule has 0 N–H and O–H groups in total. The van der Waals surface area contributed by atoms with Crippen molar-refractivity contribution in [3.8, 4) is 28.5 Å². The largest absolute Gasteiger partial charge is 0.497 e. The maximum Gasteiger partial charge on any atom is 0.277 e. The van der Waals surface area contributed by atoms with E-state index >= 15 is 0 Å². The molecule has 0 unspecified atom stereocenters. The molecule has 7 nitrogen and oxygen atoms in total. The van der Waals surface area contributed by atoms with E-state index in [1.807, 2.05) is 48.2 Å². The number of ether oxygens (including phenoxy) is 1. The number of fused-ring (bicyclic) bond motifs is 1. The van der Waals surface area contributed by atoms with Crippen molar-refractivity contribution in [2.75, 3.05) is 24.3 Å². The van der Waals surface area contributed by atoms with Gasteiger partial charge in [-0.3, -0.25) is 4.79 Å². The van der Waals surface area contributed by atoms with Gasteiger partial charge in [-0.1, -0.05) is 17.8 Å². The summed E-state index contributed by atoms with van der Waals surface area (Å²) in [5.74, 6) is 1.43. The number of hydrogen-bond acceptors (Lipinski definition) is 8. The lowest BCUT2D eigenvalue weighted by atomic mass is 10.1. The van der Waals surface area contributed by atoms with E-state index in [1.165, 1.54) is 17.3 Å². The molecule has 5 rings (SSSR count). The fraction of sp³-hybridized carbons (Fsp3) is 0.217. The van der Waals surface area contributed by atoms with Gasteiger partial charge in [0.05, 0.1) is 23.6 Å². The molecule has 9 heteroatoms. The van der Waals surface area contributed by atoms with Gasteiger partial charge >= 0.3 is 0 Å². The van der Waals surface area contributed by atoms with Crippen molar-refractivity contribution in [2.45, 2.75) is 18.6 Å². The SMILES string of the molecule is COc1ccc(-c2nnc(SCC(=O)N3CCc4cc(-c5csc(C)n5)ccc43)o2)cc1. The second-order valence-corrected chi connectivity index (χ2v) is 9.27. The minimum atomic E-state index is 0.0233. The first-order valence-electron chi connectivity index (χ1n) is 10.1. The van der Waals surface area contributed by atoms with Crippen molar-refractivity contribution in [1.29, 1.82) is 0 Å². The number of carbonyl (C=O) groups excluding carboxylic acids is 1. The number of rotatable bonds is 6. The first-order valence-corrected chi connectivity index (χ1v) is 11.9. The van der Waals surface area contributed by atoms with E-state index in [2.05, 4.69) is 26.6 Å². The highest BCUT2D eigenvalue weighted by Gasteiger charge is 2.25. The van der Waals surface area contributed by atoms with E-state index in [0.717, 1.165) is 39.7 Å². The van der Waals surface area contributed by atoms with E-state index < -0.39 is 0 Å². The summed E-state index contributed by atoms with van der Waals surface area (Å²) in [5.41, 5.74) is 5.02. The van der Waals surface area contributed by atoms with Gasteiger partial charge in [-0.05, 0) is 55.3 Å². The highest BCUT2D eigenvalue weighted by molar-refractivity contribution is 7.99. The number of thioether (sulfide) groups is 1. The number of nitrogens with zero attached hydrogens (tertiary/aromatic N) is 4. The van der Waals surface area contributed by atoms with Crippen molar-refractivity contribution >= 4 is 34.7 Å². The zero-order valence-electron chi connectivity index (χ0n) is 17.6. The Morgan fingerprint density at radius 3 is 2.75 bits per heavy atom. The molecule has 0 bridgehead atoms. The first kappa shape index (κ1) is 20.7. The Kier molecular flexibility index (Phi) is 5.67. The quantitative estimate of drug-likeness (QED) is 0.377. The molecule has 1 aliphatic heterocycles. The summed E-state index contributed by atoms with van der Waals surface area (Å²) in [6, 6.07) is 13.6. The van der Waals surface area contributed by atoms with Gasteiger partial charge in [0.2, 0.25) is 11.8 Å². The van der Waals surface area contributed by atoms with Crippen LogP contribution in [0.2, 0.25) is 0 Å². The summed E-state index contributed by atoms with van der Waals surface area (Å²) >= 11 is 2.89. The molecule has 0 saturated carbocycles. The van der Waals surface area contributed by atoms with Crippen molar-refractivity contribution in [3.63, 3.8) is 0 Å². The van der Waals surface area contributed by atoms with Crippen molar-refractivity contribution in [2.24, 2.45) is 0 Å².